The van der Waals surface area contributed by atoms with Gasteiger partial charge in [-0.3, -0.25) is 0 Å². The highest BCUT2D eigenvalue weighted by molar-refractivity contribution is 7.14. The molecule has 0 bridgehead atoms. The minimum absolute atomic E-state index is 0.281. The number of rotatable bonds is 4. The van der Waals surface area contributed by atoms with Crippen LogP contribution in [0.15, 0.2) is 12.3 Å². The highest BCUT2D eigenvalue weighted by atomic mass is 32.1. The van der Waals surface area contributed by atoms with E-state index >= 15 is 0 Å². The number of allylic oxidation sites excluding steroid dienone is 1. The predicted octanol–water partition coefficient (Wildman–Crippen LogP) is 1.96. The summed E-state index contributed by atoms with van der Waals surface area (Å²) >= 11 is 1.23. The molecule has 1 aromatic rings. The molecule has 0 radical (unpaired) electrons. The van der Waals surface area contributed by atoms with Crippen LogP contribution in [0.5, 0.6) is 0 Å². The van der Waals surface area contributed by atoms with E-state index in [1.54, 1.807) is 6.07 Å². The number of hydrogen-bond acceptors (Lipinski definition) is 4. The van der Waals surface area contributed by atoms with Crippen LogP contribution in [0, 0.1) is 5.41 Å². The lowest BCUT2D eigenvalue weighted by Gasteiger charge is -1.99. The molecule has 0 atom stereocenters. The second-order valence-electron chi connectivity index (χ2n) is 2.87. The second kappa shape index (κ2) is 4.75. The molecule has 0 saturated heterocycles. The average molecular weight is 224 g/mol. The van der Waals surface area contributed by atoms with Crippen molar-refractivity contribution in [1.29, 1.82) is 5.41 Å². The Morgan fingerprint density at radius 3 is 2.80 bits per heavy atom. The van der Waals surface area contributed by atoms with E-state index < -0.39 is 5.97 Å². The molecule has 5 heteroatoms. The van der Waals surface area contributed by atoms with Gasteiger partial charge in [-0.2, -0.15) is 0 Å². The Balaban J connectivity index is 3.27. The van der Waals surface area contributed by atoms with Gasteiger partial charge in [0.15, 0.2) is 0 Å². The Bertz CT molecular complexity index is 421. The van der Waals surface area contributed by atoms with Crippen molar-refractivity contribution in [3.05, 3.63) is 27.6 Å². The number of carbonyl (C=O) groups is 1. The van der Waals surface area contributed by atoms with E-state index in [4.69, 9.17) is 16.2 Å². The molecule has 1 rings (SSSR count). The molecule has 0 aliphatic heterocycles. The van der Waals surface area contributed by atoms with Gasteiger partial charge < -0.3 is 16.2 Å². The molecule has 1 heterocycles. The van der Waals surface area contributed by atoms with Crippen LogP contribution in [0.4, 0.5) is 0 Å². The SMILES string of the molecule is CCc1sc(C(=O)O)cc1/C(C=N)=C/N. The smallest absolute Gasteiger partial charge is 0.345 e. The van der Waals surface area contributed by atoms with E-state index in [-0.39, 0.29) is 4.88 Å². The first-order valence-corrected chi connectivity index (χ1v) is 5.24. The first-order valence-electron chi connectivity index (χ1n) is 4.42. The van der Waals surface area contributed by atoms with Crippen LogP contribution >= 0.6 is 11.3 Å². The van der Waals surface area contributed by atoms with Crippen LogP contribution in [0.25, 0.3) is 5.57 Å². The van der Waals surface area contributed by atoms with Gasteiger partial charge in [-0.25, -0.2) is 4.79 Å². The van der Waals surface area contributed by atoms with Crippen molar-refractivity contribution in [3.63, 3.8) is 0 Å². The largest absolute Gasteiger partial charge is 0.477 e. The summed E-state index contributed by atoms with van der Waals surface area (Å²) in [5, 5.41) is 16.0. The van der Waals surface area contributed by atoms with E-state index in [1.165, 1.54) is 17.5 Å². The van der Waals surface area contributed by atoms with Crippen molar-refractivity contribution in [2.45, 2.75) is 13.3 Å². The number of aromatic carboxylic acids is 1. The molecule has 0 amide bonds. The van der Waals surface area contributed by atoms with E-state index in [0.29, 0.717) is 5.57 Å². The monoisotopic (exact) mass is 224 g/mol. The van der Waals surface area contributed by atoms with Crippen LogP contribution in [-0.4, -0.2) is 17.3 Å². The Hall–Kier alpha value is -1.62. The predicted molar refractivity (Wildman–Crippen MR) is 61.6 cm³/mol. The van der Waals surface area contributed by atoms with Gasteiger partial charge in [0, 0.05) is 22.9 Å². The number of nitrogens with one attached hydrogen (secondary N) is 1. The maximum Gasteiger partial charge on any atom is 0.345 e. The highest BCUT2D eigenvalue weighted by Crippen LogP contribution is 2.27. The topological polar surface area (TPSA) is 87.2 Å². The van der Waals surface area contributed by atoms with Gasteiger partial charge in [0.1, 0.15) is 4.88 Å². The van der Waals surface area contributed by atoms with Crippen LogP contribution in [0.1, 0.15) is 27.0 Å². The zero-order chi connectivity index (χ0) is 11.4. The van der Waals surface area contributed by atoms with Gasteiger partial charge in [-0.1, -0.05) is 6.92 Å². The minimum Gasteiger partial charge on any atom is -0.477 e. The number of nitrogens with two attached hydrogens (primary N) is 1. The van der Waals surface area contributed by atoms with E-state index in [2.05, 4.69) is 0 Å². The minimum atomic E-state index is -0.942. The van der Waals surface area contributed by atoms with Gasteiger partial charge in [-0.15, -0.1) is 11.3 Å². The van der Waals surface area contributed by atoms with Crippen molar-refractivity contribution >= 4 is 29.1 Å². The van der Waals surface area contributed by atoms with Crippen molar-refractivity contribution in [1.82, 2.24) is 0 Å². The highest BCUT2D eigenvalue weighted by Gasteiger charge is 2.14. The van der Waals surface area contributed by atoms with Crippen molar-refractivity contribution < 1.29 is 9.90 Å². The Labute approximate surface area is 91.6 Å². The number of hydrogen-bond donors (Lipinski definition) is 3. The van der Waals surface area contributed by atoms with Gasteiger partial charge in [-0.05, 0) is 18.1 Å². The Kier molecular flexibility index (Phi) is 3.62. The fourth-order valence-electron chi connectivity index (χ4n) is 1.26. The molecule has 0 aliphatic rings. The standard InChI is InChI=1S/C10H12N2O2S/c1-2-8-7(6(4-11)5-12)3-9(15-8)10(13)14/h3-5,11H,2,12H2,1H3,(H,13,14)/b6-5+,11-4?. The van der Waals surface area contributed by atoms with E-state index in [1.807, 2.05) is 6.92 Å². The van der Waals surface area contributed by atoms with Crippen molar-refractivity contribution in [2.24, 2.45) is 5.73 Å². The number of thiophene rings is 1. The number of carboxylic acids is 1. The first kappa shape index (κ1) is 11.5. The molecule has 80 valence electrons. The summed E-state index contributed by atoms with van der Waals surface area (Å²) in [5.74, 6) is -0.942. The van der Waals surface area contributed by atoms with Crippen LogP contribution < -0.4 is 5.73 Å². The van der Waals surface area contributed by atoms with Crippen LogP contribution in [-0.2, 0) is 6.42 Å². The molecule has 1 aromatic heterocycles. The van der Waals surface area contributed by atoms with Gasteiger partial charge in [0.2, 0.25) is 0 Å². The third-order valence-electron chi connectivity index (χ3n) is 1.99. The summed E-state index contributed by atoms with van der Waals surface area (Å²) in [6.45, 7) is 1.94. The Morgan fingerprint density at radius 2 is 2.40 bits per heavy atom. The molecular weight excluding hydrogens is 212 g/mol. The Morgan fingerprint density at radius 1 is 1.73 bits per heavy atom. The molecule has 15 heavy (non-hydrogen) atoms. The van der Waals surface area contributed by atoms with Crippen molar-refractivity contribution in [2.75, 3.05) is 0 Å². The number of carboxylic acid groups (broad SMARTS) is 1. The lowest BCUT2D eigenvalue weighted by molar-refractivity contribution is 0.0702. The van der Waals surface area contributed by atoms with Crippen molar-refractivity contribution in [3.8, 4) is 0 Å². The third-order valence-corrected chi connectivity index (χ3v) is 3.25. The first-order chi connectivity index (χ1) is 7.13. The van der Waals surface area contributed by atoms with E-state index in [9.17, 15) is 4.79 Å². The molecule has 4 nitrogen and oxygen atoms in total. The molecular formula is C10H12N2O2S. The number of aryl methyl sites for hydroxylation is 1. The fraction of sp³-hybridized carbons (Fsp3) is 0.200. The molecule has 0 aromatic carbocycles. The summed E-state index contributed by atoms with van der Waals surface area (Å²) in [6, 6.07) is 1.57. The average Bonchev–Trinajstić information content (AvgIpc) is 2.64. The second-order valence-corrected chi connectivity index (χ2v) is 4.01. The summed E-state index contributed by atoms with van der Waals surface area (Å²) < 4.78 is 0. The fourth-order valence-corrected chi connectivity index (χ4v) is 2.22. The van der Waals surface area contributed by atoms with E-state index in [0.717, 1.165) is 23.1 Å². The summed E-state index contributed by atoms with van der Waals surface area (Å²) in [7, 11) is 0. The summed E-state index contributed by atoms with van der Waals surface area (Å²) in [6.07, 6.45) is 3.19. The quantitative estimate of drug-likeness (QED) is 0.683. The maximum absolute atomic E-state index is 10.8. The third kappa shape index (κ3) is 2.24. The molecule has 0 spiro atoms. The van der Waals surface area contributed by atoms with Gasteiger partial charge in [0.05, 0.1) is 0 Å². The van der Waals surface area contributed by atoms with Crippen LogP contribution in [0.3, 0.4) is 0 Å². The molecule has 0 unspecified atom stereocenters. The molecule has 0 saturated carbocycles. The van der Waals surface area contributed by atoms with Gasteiger partial charge in [0.25, 0.3) is 0 Å². The summed E-state index contributed by atoms with van der Waals surface area (Å²) in [4.78, 5) is 12.0. The van der Waals surface area contributed by atoms with Gasteiger partial charge >= 0.3 is 5.97 Å². The summed E-state index contributed by atoms with van der Waals surface area (Å²) in [5.41, 5.74) is 6.67. The molecule has 0 fully saturated rings. The molecule has 4 N–H and O–H groups in total. The zero-order valence-corrected chi connectivity index (χ0v) is 9.10. The lowest BCUT2D eigenvalue weighted by atomic mass is 10.1. The zero-order valence-electron chi connectivity index (χ0n) is 8.28. The maximum atomic E-state index is 10.8. The normalized spacial score (nSPS) is 11.4. The molecule has 0 aliphatic carbocycles. The van der Waals surface area contributed by atoms with Crippen LogP contribution in [0.2, 0.25) is 0 Å². The lowest BCUT2D eigenvalue weighted by Crippen LogP contribution is -1.93.